The fourth-order valence-corrected chi connectivity index (χ4v) is 4.97. The molecule has 0 N–H and O–H groups in total. The van der Waals surface area contributed by atoms with Crippen molar-refractivity contribution in [2.45, 2.75) is 17.4 Å². The minimum absolute atomic E-state index is 0.195. The van der Waals surface area contributed by atoms with Gasteiger partial charge in [0.05, 0.1) is 23.8 Å². The zero-order valence-corrected chi connectivity index (χ0v) is 17.3. The van der Waals surface area contributed by atoms with E-state index in [0.29, 0.717) is 22.9 Å². The van der Waals surface area contributed by atoms with E-state index in [1.807, 2.05) is 36.4 Å². The van der Waals surface area contributed by atoms with E-state index in [1.54, 1.807) is 49.6 Å². The van der Waals surface area contributed by atoms with Crippen LogP contribution in [0.4, 0.5) is 0 Å². The maximum absolute atomic E-state index is 13.4. The number of ether oxygens (including phenoxy) is 1. The zero-order chi connectivity index (χ0) is 20.4. The van der Waals surface area contributed by atoms with Crippen molar-refractivity contribution in [3.05, 3.63) is 95.0 Å². The Morgan fingerprint density at radius 3 is 2.31 bits per heavy atom. The minimum atomic E-state index is -3.85. The molecule has 148 valence electrons. The lowest BCUT2D eigenvalue weighted by molar-refractivity contribution is 0.350. The summed E-state index contributed by atoms with van der Waals surface area (Å²) in [5.74, 6) is 0.623. The van der Waals surface area contributed by atoms with Crippen LogP contribution in [0.2, 0.25) is 5.02 Å². The van der Waals surface area contributed by atoms with Crippen LogP contribution in [-0.2, 0) is 10.0 Å². The van der Waals surface area contributed by atoms with Gasteiger partial charge >= 0.3 is 0 Å². The molecule has 0 saturated carbocycles. The van der Waals surface area contributed by atoms with Crippen LogP contribution in [-0.4, -0.2) is 25.7 Å². The molecular weight excluding hydrogens is 408 g/mol. The molecule has 1 atom stereocenters. The van der Waals surface area contributed by atoms with Crippen molar-refractivity contribution in [2.75, 3.05) is 7.11 Å². The number of hydrazone groups is 1. The molecule has 0 aromatic heterocycles. The van der Waals surface area contributed by atoms with Crippen LogP contribution in [0.3, 0.4) is 0 Å². The maximum atomic E-state index is 13.4. The molecule has 3 aromatic carbocycles. The first kappa shape index (κ1) is 19.5. The molecule has 0 spiro atoms. The number of hydrogen-bond acceptors (Lipinski definition) is 4. The number of benzene rings is 3. The molecule has 0 aliphatic carbocycles. The van der Waals surface area contributed by atoms with Gasteiger partial charge in [0, 0.05) is 17.0 Å². The van der Waals surface area contributed by atoms with E-state index in [0.717, 1.165) is 11.1 Å². The van der Waals surface area contributed by atoms with Crippen LogP contribution in [0.15, 0.2) is 88.9 Å². The maximum Gasteiger partial charge on any atom is 0.279 e. The normalized spacial score (nSPS) is 16.6. The number of nitrogens with zero attached hydrogens (tertiary/aromatic N) is 2. The summed E-state index contributed by atoms with van der Waals surface area (Å²) in [7, 11) is -2.27. The van der Waals surface area contributed by atoms with Gasteiger partial charge in [-0.3, -0.25) is 0 Å². The number of rotatable bonds is 5. The van der Waals surface area contributed by atoms with Crippen LogP contribution in [0.5, 0.6) is 5.75 Å². The molecular formula is C22H19ClN2O3S. The van der Waals surface area contributed by atoms with Crippen molar-refractivity contribution in [1.29, 1.82) is 0 Å². The Kier molecular flexibility index (Phi) is 5.30. The predicted molar refractivity (Wildman–Crippen MR) is 114 cm³/mol. The summed E-state index contributed by atoms with van der Waals surface area (Å²) in [4.78, 5) is 0.195. The molecule has 1 unspecified atom stereocenters. The van der Waals surface area contributed by atoms with Gasteiger partial charge in [0.15, 0.2) is 0 Å². The first-order valence-corrected chi connectivity index (χ1v) is 10.9. The third-order valence-electron chi connectivity index (χ3n) is 4.84. The lowest BCUT2D eigenvalue weighted by Crippen LogP contribution is -2.27. The summed E-state index contributed by atoms with van der Waals surface area (Å²) in [5, 5.41) is 5.15. The van der Waals surface area contributed by atoms with E-state index < -0.39 is 16.1 Å². The molecule has 1 heterocycles. The Balaban J connectivity index is 1.83. The van der Waals surface area contributed by atoms with Crippen molar-refractivity contribution in [1.82, 2.24) is 4.41 Å². The van der Waals surface area contributed by atoms with Crippen molar-refractivity contribution >= 4 is 27.3 Å². The van der Waals surface area contributed by atoms with Crippen molar-refractivity contribution < 1.29 is 13.2 Å². The molecule has 0 bridgehead atoms. The molecule has 5 nitrogen and oxygen atoms in total. The monoisotopic (exact) mass is 426 g/mol. The average molecular weight is 427 g/mol. The van der Waals surface area contributed by atoms with Gasteiger partial charge < -0.3 is 4.74 Å². The highest BCUT2D eigenvalue weighted by molar-refractivity contribution is 7.89. The Bertz CT molecular complexity index is 1150. The molecule has 0 fully saturated rings. The summed E-state index contributed by atoms with van der Waals surface area (Å²) in [6.07, 6.45) is 0.425. The van der Waals surface area contributed by atoms with Crippen LogP contribution < -0.4 is 4.74 Å². The van der Waals surface area contributed by atoms with Crippen LogP contribution in [0.1, 0.15) is 23.6 Å². The SMILES string of the molecule is COc1ccccc1C1CC(c2ccc(Cl)cc2)=NN1S(=O)(=O)c1ccccc1. The van der Waals surface area contributed by atoms with Crippen LogP contribution in [0.25, 0.3) is 0 Å². The first-order valence-electron chi connectivity index (χ1n) is 9.06. The summed E-state index contributed by atoms with van der Waals surface area (Å²) in [6.45, 7) is 0. The minimum Gasteiger partial charge on any atom is -0.496 e. The van der Waals surface area contributed by atoms with E-state index in [-0.39, 0.29) is 4.90 Å². The first-order chi connectivity index (χ1) is 14.0. The number of methoxy groups -OCH3 is 1. The van der Waals surface area contributed by atoms with Crippen LogP contribution >= 0.6 is 11.6 Å². The number of hydrogen-bond donors (Lipinski definition) is 0. The molecule has 4 rings (SSSR count). The van der Waals surface area contributed by atoms with E-state index in [9.17, 15) is 8.42 Å². The summed E-state index contributed by atoms with van der Waals surface area (Å²) >= 11 is 6.00. The standard InChI is InChI=1S/C22H19ClN2O3S/c1-28-22-10-6-5-9-19(22)21-15-20(16-11-13-17(23)14-12-16)24-25(21)29(26,27)18-7-3-2-4-8-18/h2-14,21H,15H2,1H3. The molecule has 1 aliphatic rings. The average Bonchev–Trinajstić information content (AvgIpc) is 3.21. The Hall–Kier alpha value is -2.83. The molecule has 0 amide bonds. The van der Waals surface area contributed by atoms with Gasteiger partial charge in [-0.25, -0.2) is 0 Å². The summed E-state index contributed by atoms with van der Waals surface area (Å²) in [6, 6.07) is 22.5. The predicted octanol–water partition coefficient (Wildman–Crippen LogP) is 4.89. The highest BCUT2D eigenvalue weighted by Gasteiger charge is 2.38. The molecule has 7 heteroatoms. The Morgan fingerprint density at radius 2 is 1.62 bits per heavy atom. The number of para-hydroxylation sites is 1. The van der Waals surface area contributed by atoms with Gasteiger partial charge in [-0.15, -0.1) is 0 Å². The van der Waals surface area contributed by atoms with Gasteiger partial charge in [0.25, 0.3) is 10.0 Å². The molecule has 0 saturated heterocycles. The van der Waals surface area contributed by atoms with Gasteiger partial charge in [0.2, 0.25) is 0 Å². The Labute approximate surface area is 175 Å². The zero-order valence-electron chi connectivity index (χ0n) is 15.7. The fraction of sp³-hybridized carbons (Fsp3) is 0.136. The number of sulfonamides is 1. The van der Waals surface area contributed by atoms with Gasteiger partial charge in [-0.05, 0) is 35.9 Å². The molecule has 29 heavy (non-hydrogen) atoms. The number of halogens is 1. The highest BCUT2D eigenvalue weighted by atomic mass is 35.5. The topological polar surface area (TPSA) is 59.0 Å². The third kappa shape index (κ3) is 3.73. The molecule has 0 radical (unpaired) electrons. The third-order valence-corrected chi connectivity index (χ3v) is 6.78. The van der Waals surface area contributed by atoms with E-state index in [2.05, 4.69) is 5.10 Å². The molecule has 3 aromatic rings. The summed E-state index contributed by atoms with van der Waals surface area (Å²) in [5.41, 5.74) is 2.28. The Morgan fingerprint density at radius 1 is 0.966 bits per heavy atom. The second kappa shape index (κ2) is 7.89. The second-order valence-corrected chi connectivity index (χ2v) is 8.84. The van der Waals surface area contributed by atoms with Crippen LogP contribution in [0, 0.1) is 0 Å². The molecule has 1 aliphatic heterocycles. The fourth-order valence-electron chi connectivity index (χ4n) is 3.40. The van der Waals surface area contributed by atoms with Gasteiger partial charge in [-0.2, -0.15) is 17.9 Å². The summed E-state index contributed by atoms with van der Waals surface area (Å²) < 4.78 is 33.5. The van der Waals surface area contributed by atoms with Crippen molar-refractivity contribution in [3.8, 4) is 5.75 Å². The van der Waals surface area contributed by atoms with Gasteiger partial charge in [0.1, 0.15) is 5.75 Å². The van der Waals surface area contributed by atoms with Crippen molar-refractivity contribution in [3.63, 3.8) is 0 Å². The van der Waals surface area contributed by atoms with E-state index >= 15 is 0 Å². The van der Waals surface area contributed by atoms with Gasteiger partial charge in [-0.1, -0.05) is 60.1 Å². The highest BCUT2D eigenvalue weighted by Crippen LogP contribution is 2.40. The lowest BCUT2D eigenvalue weighted by Gasteiger charge is -2.24. The largest absolute Gasteiger partial charge is 0.496 e. The van der Waals surface area contributed by atoms with E-state index in [4.69, 9.17) is 16.3 Å². The van der Waals surface area contributed by atoms with Crippen molar-refractivity contribution in [2.24, 2.45) is 5.10 Å². The smallest absolute Gasteiger partial charge is 0.279 e. The second-order valence-electron chi connectivity index (χ2n) is 6.61. The lowest BCUT2D eigenvalue weighted by atomic mass is 9.98. The van der Waals surface area contributed by atoms with E-state index in [1.165, 1.54) is 4.41 Å². The quantitative estimate of drug-likeness (QED) is 0.583.